The van der Waals surface area contributed by atoms with Gasteiger partial charge in [-0.15, -0.1) is 0 Å². The van der Waals surface area contributed by atoms with Crippen molar-refractivity contribution >= 4 is 0 Å². The normalized spacial score (nSPS) is 29.3. The molecule has 0 spiro atoms. The Morgan fingerprint density at radius 1 is 1.29 bits per heavy atom. The number of likely N-dealkylation sites (N-methyl/N-ethyl adjacent to an activating group) is 1. The van der Waals surface area contributed by atoms with Crippen molar-refractivity contribution in [3.8, 4) is 0 Å². The highest BCUT2D eigenvalue weighted by molar-refractivity contribution is 4.93. The second-order valence-corrected chi connectivity index (χ2v) is 6.07. The minimum Gasteiger partial charge on any atom is -0.329 e. The maximum absolute atomic E-state index is 6.10. The van der Waals surface area contributed by atoms with Gasteiger partial charge in [-0.1, -0.05) is 40.0 Å². The van der Waals surface area contributed by atoms with E-state index in [4.69, 9.17) is 5.73 Å². The minimum atomic E-state index is 0.247. The summed E-state index contributed by atoms with van der Waals surface area (Å²) in [7, 11) is 2.31. The van der Waals surface area contributed by atoms with E-state index in [0.29, 0.717) is 0 Å². The smallest absolute Gasteiger partial charge is 0.0328 e. The Labute approximate surface area is 108 Å². The van der Waals surface area contributed by atoms with Crippen molar-refractivity contribution < 1.29 is 0 Å². The van der Waals surface area contributed by atoms with Gasteiger partial charge in [-0.05, 0) is 38.6 Å². The first-order valence-corrected chi connectivity index (χ1v) is 7.52. The highest BCUT2D eigenvalue weighted by Gasteiger charge is 2.36. The molecule has 0 bridgehead atoms. The van der Waals surface area contributed by atoms with Gasteiger partial charge in [-0.25, -0.2) is 0 Å². The van der Waals surface area contributed by atoms with Gasteiger partial charge in [0.25, 0.3) is 0 Å². The average Bonchev–Trinajstić information content (AvgIpc) is 2.35. The Bertz CT molecular complexity index is 211. The van der Waals surface area contributed by atoms with Crippen molar-refractivity contribution in [3.63, 3.8) is 0 Å². The largest absolute Gasteiger partial charge is 0.329 e. The summed E-state index contributed by atoms with van der Waals surface area (Å²) in [5.41, 5.74) is 6.35. The van der Waals surface area contributed by atoms with Crippen LogP contribution in [0.1, 0.15) is 65.7 Å². The van der Waals surface area contributed by atoms with Crippen LogP contribution < -0.4 is 5.73 Å². The molecule has 0 amide bonds. The van der Waals surface area contributed by atoms with Crippen LogP contribution in [0.2, 0.25) is 0 Å². The maximum Gasteiger partial charge on any atom is 0.0328 e. The van der Waals surface area contributed by atoms with Crippen molar-refractivity contribution in [2.75, 3.05) is 13.6 Å². The van der Waals surface area contributed by atoms with Crippen LogP contribution in [-0.4, -0.2) is 30.1 Å². The number of hydrogen-bond donors (Lipinski definition) is 1. The van der Waals surface area contributed by atoms with E-state index in [1.54, 1.807) is 0 Å². The third-order valence-electron chi connectivity index (χ3n) is 4.96. The monoisotopic (exact) mass is 240 g/mol. The van der Waals surface area contributed by atoms with E-state index in [-0.39, 0.29) is 5.54 Å². The highest BCUT2D eigenvalue weighted by Crippen LogP contribution is 2.33. The van der Waals surface area contributed by atoms with Gasteiger partial charge >= 0.3 is 0 Å². The van der Waals surface area contributed by atoms with E-state index in [2.05, 4.69) is 32.7 Å². The van der Waals surface area contributed by atoms with Gasteiger partial charge in [0.1, 0.15) is 0 Å². The maximum atomic E-state index is 6.10. The standard InChI is InChI=1S/C15H32N2/c1-5-10-15(6-2,12-16)17(4)14-9-7-8-13(3)11-14/h13-14H,5-12,16H2,1-4H3. The molecular formula is C15H32N2. The summed E-state index contributed by atoms with van der Waals surface area (Å²) >= 11 is 0. The highest BCUT2D eigenvalue weighted by atomic mass is 15.2. The topological polar surface area (TPSA) is 29.3 Å². The second kappa shape index (κ2) is 6.75. The van der Waals surface area contributed by atoms with Crippen molar-refractivity contribution in [1.82, 2.24) is 4.90 Å². The third-order valence-corrected chi connectivity index (χ3v) is 4.96. The van der Waals surface area contributed by atoms with Crippen LogP contribution in [0.5, 0.6) is 0 Å². The van der Waals surface area contributed by atoms with Gasteiger partial charge in [0.15, 0.2) is 0 Å². The molecule has 0 saturated heterocycles. The molecular weight excluding hydrogens is 208 g/mol. The van der Waals surface area contributed by atoms with Crippen molar-refractivity contribution in [1.29, 1.82) is 0 Å². The lowest BCUT2D eigenvalue weighted by atomic mass is 9.81. The zero-order chi connectivity index (χ0) is 12.9. The van der Waals surface area contributed by atoms with E-state index in [1.807, 2.05) is 0 Å². The molecule has 0 aromatic carbocycles. The molecule has 1 aliphatic rings. The summed E-state index contributed by atoms with van der Waals surface area (Å²) in [6.07, 6.45) is 9.19. The Morgan fingerprint density at radius 2 is 2.00 bits per heavy atom. The van der Waals surface area contributed by atoms with Gasteiger partial charge in [0, 0.05) is 18.1 Å². The van der Waals surface area contributed by atoms with Crippen LogP contribution in [0.4, 0.5) is 0 Å². The fraction of sp³-hybridized carbons (Fsp3) is 1.00. The Kier molecular flexibility index (Phi) is 5.94. The van der Waals surface area contributed by atoms with Crippen LogP contribution in [0.25, 0.3) is 0 Å². The molecule has 102 valence electrons. The number of hydrogen-bond acceptors (Lipinski definition) is 2. The molecule has 2 nitrogen and oxygen atoms in total. The SMILES string of the molecule is CCCC(CC)(CN)N(C)C1CCCC(C)C1. The molecule has 2 heteroatoms. The second-order valence-electron chi connectivity index (χ2n) is 6.07. The van der Waals surface area contributed by atoms with Crippen LogP contribution in [-0.2, 0) is 0 Å². The molecule has 3 unspecified atom stereocenters. The molecule has 1 rings (SSSR count). The fourth-order valence-electron chi connectivity index (χ4n) is 3.60. The molecule has 0 aromatic heterocycles. The zero-order valence-corrected chi connectivity index (χ0v) is 12.3. The average molecular weight is 240 g/mol. The Morgan fingerprint density at radius 3 is 2.47 bits per heavy atom. The zero-order valence-electron chi connectivity index (χ0n) is 12.3. The van der Waals surface area contributed by atoms with Gasteiger partial charge in [0.05, 0.1) is 0 Å². The molecule has 0 aromatic rings. The van der Waals surface area contributed by atoms with Gasteiger partial charge in [-0.3, -0.25) is 4.90 Å². The predicted molar refractivity (Wildman–Crippen MR) is 76.2 cm³/mol. The Hall–Kier alpha value is -0.0800. The first-order valence-electron chi connectivity index (χ1n) is 7.52. The fourth-order valence-corrected chi connectivity index (χ4v) is 3.60. The van der Waals surface area contributed by atoms with Crippen LogP contribution in [0.15, 0.2) is 0 Å². The number of nitrogens with two attached hydrogens (primary N) is 1. The van der Waals surface area contributed by atoms with Crippen molar-refractivity contribution in [3.05, 3.63) is 0 Å². The van der Waals surface area contributed by atoms with Crippen LogP contribution >= 0.6 is 0 Å². The van der Waals surface area contributed by atoms with Crippen molar-refractivity contribution in [2.45, 2.75) is 77.3 Å². The first kappa shape index (κ1) is 15.0. The van der Waals surface area contributed by atoms with E-state index in [1.165, 1.54) is 44.9 Å². The van der Waals surface area contributed by atoms with Gasteiger partial charge in [-0.2, -0.15) is 0 Å². The lowest BCUT2D eigenvalue weighted by Gasteiger charge is -2.47. The third kappa shape index (κ3) is 3.45. The van der Waals surface area contributed by atoms with E-state index >= 15 is 0 Å². The lowest BCUT2D eigenvalue weighted by molar-refractivity contribution is 0.0370. The molecule has 17 heavy (non-hydrogen) atoms. The molecule has 0 aliphatic heterocycles. The summed E-state index contributed by atoms with van der Waals surface area (Å²) in [6, 6.07) is 0.758. The van der Waals surface area contributed by atoms with Crippen LogP contribution in [0.3, 0.4) is 0 Å². The van der Waals surface area contributed by atoms with Crippen LogP contribution in [0, 0.1) is 5.92 Å². The molecule has 0 radical (unpaired) electrons. The summed E-state index contributed by atoms with van der Waals surface area (Å²) in [4.78, 5) is 2.63. The van der Waals surface area contributed by atoms with Gasteiger partial charge < -0.3 is 5.73 Å². The first-order chi connectivity index (χ1) is 8.09. The summed E-state index contributed by atoms with van der Waals surface area (Å²) in [5.74, 6) is 0.894. The Balaban J connectivity index is 2.72. The lowest BCUT2D eigenvalue weighted by Crippen LogP contribution is -2.56. The molecule has 1 aliphatic carbocycles. The quantitative estimate of drug-likeness (QED) is 0.771. The van der Waals surface area contributed by atoms with E-state index in [9.17, 15) is 0 Å². The molecule has 0 heterocycles. The summed E-state index contributed by atoms with van der Waals surface area (Å²) < 4.78 is 0. The predicted octanol–water partition coefficient (Wildman–Crippen LogP) is 3.40. The molecule has 2 N–H and O–H groups in total. The molecule has 3 atom stereocenters. The number of rotatable bonds is 6. The van der Waals surface area contributed by atoms with Crippen molar-refractivity contribution in [2.24, 2.45) is 11.7 Å². The molecule has 1 saturated carbocycles. The summed E-state index contributed by atoms with van der Waals surface area (Å²) in [6.45, 7) is 7.78. The summed E-state index contributed by atoms with van der Waals surface area (Å²) in [5, 5.41) is 0. The van der Waals surface area contributed by atoms with E-state index in [0.717, 1.165) is 18.5 Å². The number of nitrogens with zero attached hydrogens (tertiary/aromatic N) is 1. The van der Waals surface area contributed by atoms with E-state index < -0.39 is 0 Å². The molecule has 1 fully saturated rings. The minimum absolute atomic E-state index is 0.247. The van der Waals surface area contributed by atoms with Gasteiger partial charge in [0.2, 0.25) is 0 Å².